The standard InChI is InChI=1S/C19H17Cl/c1-14-6-4-7-15(12-14)13-19(20)18-11-5-9-16-8-2-3-10-17(16)18/h2-12,19H,13H2,1H3. The molecule has 0 amide bonds. The van der Waals surface area contributed by atoms with Crippen LogP contribution in [-0.4, -0.2) is 0 Å². The van der Waals surface area contributed by atoms with Crippen LogP contribution >= 0.6 is 11.6 Å². The summed E-state index contributed by atoms with van der Waals surface area (Å²) in [6.45, 7) is 2.12. The molecule has 0 fully saturated rings. The number of fused-ring (bicyclic) bond motifs is 1. The largest absolute Gasteiger partial charge is 0.117 e. The van der Waals surface area contributed by atoms with Crippen molar-refractivity contribution >= 4 is 22.4 Å². The van der Waals surface area contributed by atoms with E-state index in [-0.39, 0.29) is 5.38 Å². The highest BCUT2D eigenvalue weighted by Gasteiger charge is 2.12. The molecule has 0 heterocycles. The summed E-state index contributed by atoms with van der Waals surface area (Å²) in [6, 6.07) is 23.3. The average molecular weight is 281 g/mol. The van der Waals surface area contributed by atoms with Crippen molar-refractivity contribution in [3.8, 4) is 0 Å². The summed E-state index contributed by atoms with van der Waals surface area (Å²) in [5.41, 5.74) is 3.79. The number of aryl methyl sites for hydroxylation is 1. The van der Waals surface area contributed by atoms with Gasteiger partial charge >= 0.3 is 0 Å². The number of hydrogen-bond donors (Lipinski definition) is 0. The fraction of sp³-hybridized carbons (Fsp3) is 0.158. The van der Waals surface area contributed by atoms with Crippen molar-refractivity contribution in [1.82, 2.24) is 0 Å². The van der Waals surface area contributed by atoms with Crippen LogP contribution in [0.25, 0.3) is 10.8 Å². The Kier molecular flexibility index (Phi) is 3.75. The average Bonchev–Trinajstić information content (AvgIpc) is 2.46. The molecule has 0 aliphatic carbocycles. The van der Waals surface area contributed by atoms with Crippen LogP contribution in [0.2, 0.25) is 0 Å². The zero-order chi connectivity index (χ0) is 13.9. The maximum absolute atomic E-state index is 6.67. The lowest BCUT2D eigenvalue weighted by atomic mass is 9.97. The summed E-state index contributed by atoms with van der Waals surface area (Å²) in [6.07, 6.45) is 0.858. The van der Waals surface area contributed by atoms with Crippen LogP contribution in [0.3, 0.4) is 0 Å². The first-order valence-electron chi connectivity index (χ1n) is 6.91. The van der Waals surface area contributed by atoms with E-state index in [9.17, 15) is 0 Å². The molecular weight excluding hydrogens is 264 g/mol. The van der Waals surface area contributed by atoms with Gasteiger partial charge in [0, 0.05) is 0 Å². The fourth-order valence-electron chi connectivity index (χ4n) is 2.68. The molecule has 3 aromatic rings. The Balaban J connectivity index is 1.94. The molecule has 1 heteroatoms. The normalized spacial score (nSPS) is 12.5. The molecule has 0 nitrogen and oxygen atoms in total. The zero-order valence-electron chi connectivity index (χ0n) is 11.5. The van der Waals surface area contributed by atoms with Gasteiger partial charge in [0.25, 0.3) is 0 Å². The van der Waals surface area contributed by atoms with E-state index in [1.807, 2.05) is 0 Å². The van der Waals surface area contributed by atoms with E-state index in [1.165, 1.54) is 27.5 Å². The number of hydrogen-bond acceptors (Lipinski definition) is 0. The first-order chi connectivity index (χ1) is 9.74. The number of alkyl halides is 1. The Hall–Kier alpha value is -1.79. The summed E-state index contributed by atoms with van der Waals surface area (Å²) < 4.78 is 0. The van der Waals surface area contributed by atoms with Crippen molar-refractivity contribution in [1.29, 1.82) is 0 Å². The van der Waals surface area contributed by atoms with Crippen molar-refractivity contribution in [3.05, 3.63) is 83.4 Å². The van der Waals surface area contributed by atoms with Gasteiger partial charge in [-0.3, -0.25) is 0 Å². The van der Waals surface area contributed by atoms with Crippen molar-refractivity contribution < 1.29 is 0 Å². The molecule has 0 aliphatic heterocycles. The Morgan fingerprint density at radius 2 is 1.65 bits per heavy atom. The van der Waals surface area contributed by atoms with E-state index < -0.39 is 0 Å². The van der Waals surface area contributed by atoms with Gasteiger partial charge in [-0.1, -0.05) is 72.3 Å². The molecule has 0 saturated heterocycles. The lowest BCUT2D eigenvalue weighted by Gasteiger charge is -2.13. The molecule has 0 spiro atoms. The fourth-order valence-corrected chi connectivity index (χ4v) is 3.05. The number of halogens is 1. The van der Waals surface area contributed by atoms with Gasteiger partial charge in [0.1, 0.15) is 0 Å². The minimum absolute atomic E-state index is 0.00269. The minimum atomic E-state index is 0.00269. The topological polar surface area (TPSA) is 0 Å². The maximum atomic E-state index is 6.67. The van der Waals surface area contributed by atoms with E-state index in [2.05, 4.69) is 73.7 Å². The van der Waals surface area contributed by atoms with Gasteiger partial charge < -0.3 is 0 Å². The van der Waals surface area contributed by atoms with Gasteiger partial charge in [-0.05, 0) is 35.2 Å². The third-order valence-electron chi connectivity index (χ3n) is 3.66. The van der Waals surface area contributed by atoms with Crippen molar-refractivity contribution in [2.24, 2.45) is 0 Å². The van der Waals surface area contributed by atoms with Crippen LogP contribution < -0.4 is 0 Å². The van der Waals surface area contributed by atoms with Gasteiger partial charge in [0.05, 0.1) is 5.38 Å². The van der Waals surface area contributed by atoms with Crippen LogP contribution in [0, 0.1) is 6.92 Å². The Morgan fingerprint density at radius 3 is 2.50 bits per heavy atom. The Morgan fingerprint density at radius 1 is 0.900 bits per heavy atom. The summed E-state index contributed by atoms with van der Waals surface area (Å²) in [5.74, 6) is 0. The number of rotatable bonds is 3. The second-order valence-corrected chi connectivity index (χ2v) is 5.76. The second-order valence-electron chi connectivity index (χ2n) is 5.23. The van der Waals surface area contributed by atoms with Gasteiger partial charge in [0.15, 0.2) is 0 Å². The van der Waals surface area contributed by atoms with E-state index in [0.29, 0.717) is 0 Å². The molecule has 0 aliphatic rings. The van der Waals surface area contributed by atoms with Gasteiger partial charge in [0.2, 0.25) is 0 Å². The van der Waals surface area contributed by atoms with Crippen molar-refractivity contribution in [3.63, 3.8) is 0 Å². The highest BCUT2D eigenvalue weighted by molar-refractivity contribution is 6.22. The Bertz CT molecular complexity index is 725. The molecule has 3 aromatic carbocycles. The van der Waals surface area contributed by atoms with Crippen LogP contribution in [0.15, 0.2) is 66.7 Å². The lowest BCUT2D eigenvalue weighted by molar-refractivity contribution is 0.927. The smallest absolute Gasteiger partial charge is 0.0631 e. The Labute approximate surface area is 125 Å². The quantitative estimate of drug-likeness (QED) is 0.542. The first kappa shape index (κ1) is 13.2. The SMILES string of the molecule is Cc1cccc(CC(Cl)c2cccc3ccccc23)c1. The molecule has 0 bridgehead atoms. The maximum Gasteiger partial charge on any atom is 0.0631 e. The summed E-state index contributed by atoms with van der Waals surface area (Å²) in [7, 11) is 0. The van der Waals surface area contributed by atoms with E-state index in [1.54, 1.807) is 0 Å². The van der Waals surface area contributed by atoms with Gasteiger partial charge in [-0.2, -0.15) is 0 Å². The minimum Gasteiger partial charge on any atom is -0.117 e. The zero-order valence-corrected chi connectivity index (χ0v) is 12.3. The predicted molar refractivity (Wildman–Crippen MR) is 87.4 cm³/mol. The summed E-state index contributed by atoms with van der Waals surface area (Å²) in [5, 5.41) is 2.51. The van der Waals surface area contributed by atoms with Crippen molar-refractivity contribution in [2.75, 3.05) is 0 Å². The predicted octanol–water partition coefficient (Wildman–Crippen LogP) is 5.67. The van der Waals surface area contributed by atoms with Crippen molar-refractivity contribution in [2.45, 2.75) is 18.7 Å². The lowest BCUT2D eigenvalue weighted by Crippen LogP contribution is -1.97. The van der Waals surface area contributed by atoms with E-state index in [0.717, 1.165) is 6.42 Å². The third kappa shape index (κ3) is 2.71. The van der Waals surface area contributed by atoms with Gasteiger partial charge in [-0.15, -0.1) is 11.6 Å². The molecule has 3 rings (SSSR count). The molecule has 0 aromatic heterocycles. The van der Waals surface area contributed by atoms with E-state index >= 15 is 0 Å². The van der Waals surface area contributed by atoms with Crippen LogP contribution in [-0.2, 0) is 6.42 Å². The molecule has 1 unspecified atom stereocenters. The highest BCUT2D eigenvalue weighted by atomic mass is 35.5. The first-order valence-corrected chi connectivity index (χ1v) is 7.35. The molecule has 100 valence electrons. The molecule has 0 radical (unpaired) electrons. The van der Waals surface area contributed by atoms with Crippen LogP contribution in [0.1, 0.15) is 22.1 Å². The number of benzene rings is 3. The summed E-state index contributed by atoms with van der Waals surface area (Å²) >= 11 is 6.67. The molecule has 0 N–H and O–H groups in total. The van der Waals surface area contributed by atoms with Gasteiger partial charge in [-0.25, -0.2) is 0 Å². The monoisotopic (exact) mass is 280 g/mol. The third-order valence-corrected chi connectivity index (χ3v) is 4.05. The molecular formula is C19H17Cl. The second kappa shape index (κ2) is 5.68. The van der Waals surface area contributed by atoms with Crippen LogP contribution in [0.4, 0.5) is 0 Å². The molecule has 20 heavy (non-hydrogen) atoms. The van der Waals surface area contributed by atoms with E-state index in [4.69, 9.17) is 11.6 Å². The molecule has 0 saturated carbocycles. The molecule has 1 atom stereocenters. The van der Waals surface area contributed by atoms with Crippen LogP contribution in [0.5, 0.6) is 0 Å². The highest BCUT2D eigenvalue weighted by Crippen LogP contribution is 2.31. The summed E-state index contributed by atoms with van der Waals surface area (Å²) in [4.78, 5) is 0.